The Balaban J connectivity index is 2.30. The fourth-order valence-corrected chi connectivity index (χ4v) is 3.43. The molecule has 128 valence electrons. The highest BCUT2D eigenvalue weighted by atomic mass is 32.2. The van der Waals surface area contributed by atoms with Crippen molar-refractivity contribution < 1.29 is 23.1 Å². The van der Waals surface area contributed by atoms with E-state index in [1.165, 1.54) is 19.2 Å². The van der Waals surface area contributed by atoms with Gasteiger partial charge in [-0.15, -0.1) is 0 Å². The molecule has 0 fully saturated rings. The van der Waals surface area contributed by atoms with Gasteiger partial charge in [-0.2, -0.15) is 0 Å². The molecule has 1 N–H and O–H groups in total. The Labute approximate surface area is 141 Å². The highest BCUT2D eigenvalue weighted by Crippen LogP contribution is 2.22. The summed E-state index contributed by atoms with van der Waals surface area (Å²) < 4.78 is 32.4. The molecule has 24 heavy (non-hydrogen) atoms. The molecule has 1 atom stereocenters. The van der Waals surface area contributed by atoms with E-state index in [1.807, 2.05) is 6.92 Å². The third-order valence-corrected chi connectivity index (χ3v) is 5.01. The van der Waals surface area contributed by atoms with Gasteiger partial charge in [-0.25, -0.2) is 13.1 Å². The van der Waals surface area contributed by atoms with Gasteiger partial charge in [0.25, 0.3) is 0 Å². The summed E-state index contributed by atoms with van der Waals surface area (Å²) in [5.74, 6) is -0.755. The number of rotatable bonds is 7. The van der Waals surface area contributed by atoms with Crippen LogP contribution < -0.4 is 14.6 Å². The second-order valence-corrected chi connectivity index (χ2v) is 7.05. The SMILES string of the molecule is COc1ccc([C@@H](CC(=O)[O-])NS(=O)(=O)c2ccc(C)cc2)cc1. The summed E-state index contributed by atoms with van der Waals surface area (Å²) in [7, 11) is -2.35. The van der Waals surface area contributed by atoms with Gasteiger partial charge in [0.15, 0.2) is 0 Å². The van der Waals surface area contributed by atoms with E-state index >= 15 is 0 Å². The Kier molecular flexibility index (Phi) is 5.58. The molecule has 0 unspecified atom stereocenters. The van der Waals surface area contributed by atoms with Crippen molar-refractivity contribution in [3.05, 3.63) is 59.7 Å². The Bertz CT molecular complexity index is 798. The number of aliphatic carboxylic acids is 1. The summed E-state index contributed by atoms with van der Waals surface area (Å²) in [5.41, 5.74) is 1.44. The van der Waals surface area contributed by atoms with Gasteiger partial charge in [0.2, 0.25) is 10.0 Å². The van der Waals surface area contributed by atoms with Gasteiger partial charge in [0.1, 0.15) is 5.75 Å². The first-order valence-electron chi connectivity index (χ1n) is 7.24. The number of hydrogen-bond donors (Lipinski definition) is 1. The summed E-state index contributed by atoms with van der Waals surface area (Å²) in [6, 6.07) is 11.9. The molecule has 7 heteroatoms. The molecule has 6 nitrogen and oxygen atoms in total. The molecule has 0 saturated carbocycles. The maximum absolute atomic E-state index is 12.5. The molecule has 0 radical (unpaired) electrons. The Morgan fingerprint density at radius 2 is 1.71 bits per heavy atom. The molecular weight excluding hydrogens is 330 g/mol. The molecule has 0 bridgehead atoms. The maximum atomic E-state index is 12.5. The molecule has 0 saturated heterocycles. The van der Waals surface area contributed by atoms with E-state index in [0.717, 1.165) is 5.56 Å². The lowest BCUT2D eigenvalue weighted by Gasteiger charge is -2.20. The van der Waals surface area contributed by atoms with Crippen molar-refractivity contribution in [2.24, 2.45) is 0 Å². The molecule has 2 rings (SSSR count). The number of benzene rings is 2. The van der Waals surface area contributed by atoms with Gasteiger partial charge < -0.3 is 14.6 Å². The summed E-state index contributed by atoms with van der Waals surface area (Å²) >= 11 is 0. The van der Waals surface area contributed by atoms with Crippen LogP contribution in [-0.2, 0) is 14.8 Å². The van der Waals surface area contributed by atoms with Crippen molar-refractivity contribution >= 4 is 16.0 Å². The Morgan fingerprint density at radius 1 is 1.12 bits per heavy atom. The molecule has 0 heterocycles. The van der Waals surface area contributed by atoms with Gasteiger partial charge >= 0.3 is 0 Å². The van der Waals surface area contributed by atoms with Crippen LogP contribution in [0.2, 0.25) is 0 Å². The van der Waals surface area contributed by atoms with Gasteiger partial charge in [-0.05, 0) is 36.8 Å². The monoisotopic (exact) mass is 348 g/mol. The second kappa shape index (κ2) is 7.46. The van der Waals surface area contributed by atoms with E-state index in [-0.39, 0.29) is 4.90 Å². The van der Waals surface area contributed by atoms with Crippen LogP contribution in [0.4, 0.5) is 0 Å². The molecular formula is C17H18NO5S-. The molecule has 0 aliphatic rings. The third-order valence-electron chi connectivity index (χ3n) is 3.52. The minimum atomic E-state index is -3.86. The van der Waals surface area contributed by atoms with Crippen molar-refractivity contribution in [2.75, 3.05) is 7.11 Å². The molecule has 0 amide bonds. The van der Waals surface area contributed by atoms with Gasteiger partial charge in [-0.1, -0.05) is 29.8 Å². The normalized spacial score (nSPS) is 12.6. The van der Waals surface area contributed by atoms with Gasteiger partial charge in [-0.3, -0.25) is 0 Å². The van der Waals surface area contributed by atoms with Crippen molar-refractivity contribution in [3.8, 4) is 5.75 Å². The van der Waals surface area contributed by atoms with Crippen molar-refractivity contribution in [3.63, 3.8) is 0 Å². The number of nitrogens with one attached hydrogen (secondary N) is 1. The number of sulfonamides is 1. The van der Waals surface area contributed by atoms with E-state index in [4.69, 9.17) is 4.74 Å². The first-order chi connectivity index (χ1) is 11.3. The summed E-state index contributed by atoms with van der Waals surface area (Å²) in [4.78, 5) is 11.1. The van der Waals surface area contributed by atoms with Crippen molar-refractivity contribution in [1.82, 2.24) is 4.72 Å². The number of methoxy groups -OCH3 is 1. The standard InChI is InChI=1S/C17H19NO5S/c1-12-3-9-15(10-4-12)24(21,22)18-16(11-17(19)20)13-5-7-14(23-2)8-6-13/h3-10,16,18H,11H2,1-2H3,(H,19,20)/p-1/t16-/m1/s1. The Morgan fingerprint density at radius 3 is 2.21 bits per heavy atom. The molecule has 2 aromatic carbocycles. The number of carbonyl (C=O) groups excluding carboxylic acids is 1. The van der Waals surface area contributed by atoms with E-state index in [9.17, 15) is 18.3 Å². The van der Waals surface area contributed by atoms with Crippen LogP contribution in [-0.4, -0.2) is 21.5 Å². The first-order valence-corrected chi connectivity index (χ1v) is 8.73. The molecule has 0 spiro atoms. The van der Waals surface area contributed by atoms with E-state index < -0.39 is 28.5 Å². The number of hydrogen-bond acceptors (Lipinski definition) is 5. The topological polar surface area (TPSA) is 95.5 Å². The van der Waals surface area contributed by atoms with Crippen LogP contribution in [0.25, 0.3) is 0 Å². The van der Waals surface area contributed by atoms with E-state index in [1.54, 1.807) is 36.4 Å². The summed E-state index contributed by atoms with van der Waals surface area (Å²) in [6.07, 6.45) is -0.475. The number of carboxylic acids is 1. The van der Waals surface area contributed by atoms with Crippen LogP contribution in [0.5, 0.6) is 5.75 Å². The molecule has 0 aliphatic carbocycles. The van der Waals surface area contributed by atoms with Crippen molar-refractivity contribution in [2.45, 2.75) is 24.3 Å². The van der Waals surface area contributed by atoms with Crippen LogP contribution in [0.3, 0.4) is 0 Å². The second-order valence-electron chi connectivity index (χ2n) is 5.34. The first kappa shape index (κ1) is 18.0. The lowest BCUT2D eigenvalue weighted by molar-refractivity contribution is -0.306. The Hall–Kier alpha value is -2.38. The smallest absolute Gasteiger partial charge is 0.241 e. The average molecular weight is 348 g/mol. The van der Waals surface area contributed by atoms with Gasteiger partial charge in [0, 0.05) is 12.4 Å². The summed E-state index contributed by atoms with van der Waals surface area (Å²) in [6.45, 7) is 1.85. The van der Waals surface area contributed by atoms with Crippen LogP contribution in [0.1, 0.15) is 23.6 Å². The lowest BCUT2D eigenvalue weighted by atomic mass is 10.0. The van der Waals surface area contributed by atoms with Crippen LogP contribution in [0.15, 0.2) is 53.4 Å². The van der Waals surface area contributed by atoms with Crippen LogP contribution in [0, 0.1) is 6.92 Å². The zero-order chi connectivity index (χ0) is 17.7. The molecule has 0 aromatic heterocycles. The number of carbonyl (C=O) groups is 1. The minimum absolute atomic E-state index is 0.0740. The van der Waals surface area contributed by atoms with E-state index in [2.05, 4.69) is 4.72 Å². The van der Waals surface area contributed by atoms with Gasteiger partial charge in [0.05, 0.1) is 18.0 Å². The largest absolute Gasteiger partial charge is 0.550 e. The lowest BCUT2D eigenvalue weighted by Crippen LogP contribution is -2.34. The predicted octanol–water partition coefficient (Wildman–Crippen LogP) is 1.16. The van der Waals surface area contributed by atoms with E-state index in [0.29, 0.717) is 11.3 Å². The fraction of sp³-hybridized carbons (Fsp3) is 0.235. The number of ether oxygens (including phenoxy) is 1. The number of carboxylic acid groups (broad SMARTS) is 1. The fourth-order valence-electron chi connectivity index (χ4n) is 2.20. The highest BCUT2D eigenvalue weighted by molar-refractivity contribution is 7.89. The molecule has 2 aromatic rings. The van der Waals surface area contributed by atoms with Crippen molar-refractivity contribution in [1.29, 1.82) is 0 Å². The predicted molar refractivity (Wildman–Crippen MR) is 86.9 cm³/mol. The minimum Gasteiger partial charge on any atom is -0.550 e. The summed E-state index contributed by atoms with van der Waals surface area (Å²) in [5, 5.41) is 11.0. The highest BCUT2D eigenvalue weighted by Gasteiger charge is 2.21. The quantitative estimate of drug-likeness (QED) is 0.810. The average Bonchev–Trinajstić information content (AvgIpc) is 2.54. The maximum Gasteiger partial charge on any atom is 0.241 e. The third kappa shape index (κ3) is 4.56. The zero-order valence-corrected chi connectivity index (χ0v) is 14.2. The van der Waals surface area contributed by atoms with Crippen LogP contribution >= 0.6 is 0 Å². The molecule has 0 aliphatic heterocycles. The zero-order valence-electron chi connectivity index (χ0n) is 13.4. The number of aryl methyl sites for hydroxylation is 1.